The van der Waals surface area contributed by atoms with E-state index in [0.29, 0.717) is 44.0 Å². The SMILES string of the molecule is C.CC(C)(C)OC(=O)NCCOCCNC(=O)[C@@H](N)c1ccccc1.C[C@H](NC(=O)C(O)c1cc(F)cc(F)c1)C(=O)N[C@H](C(=O)NCCOCCNC(=O)OC(C)(C)C)c1ccccc1.O=C(O)CNC(=O)C(O)c1cc(F)cc(F)c1. The van der Waals surface area contributed by atoms with Crippen LogP contribution in [0.4, 0.5) is 27.2 Å². The summed E-state index contributed by atoms with van der Waals surface area (Å²) in [5, 5.41) is 45.1. The molecule has 0 aliphatic rings. The lowest BCUT2D eigenvalue weighted by Crippen LogP contribution is -2.50. The normalized spacial score (nSPS) is 12.6. The minimum Gasteiger partial charge on any atom is -0.480 e. The number of hydrogen-bond acceptors (Lipinski definition) is 15. The molecule has 4 rings (SSSR count). The Morgan fingerprint density at radius 1 is 0.494 bits per heavy atom. The molecular weight excluding hydrogens is 1100 g/mol. The van der Waals surface area contributed by atoms with Gasteiger partial charge < -0.3 is 77.2 Å². The van der Waals surface area contributed by atoms with Gasteiger partial charge in [-0.2, -0.15) is 0 Å². The van der Waals surface area contributed by atoms with Gasteiger partial charge in [-0.1, -0.05) is 68.1 Å². The number of aliphatic hydroxyl groups is 2. The molecule has 27 heteroatoms. The van der Waals surface area contributed by atoms with Crippen molar-refractivity contribution in [1.82, 2.24) is 37.2 Å². The molecule has 0 heterocycles. The third kappa shape index (κ3) is 31.0. The highest BCUT2D eigenvalue weighted by Crippen LogP contribution is 2.19. The fourth-order valence-corrected chi connectivity index (χ4v) is 6.40. The Hall–Kier alpha value is -8.24. The third-order valence-electron chi connectivity index (χ3n) is 10.1. The molecule has 0 saturated carbocycles. The number of ether oxygens (including phenoxy) is 4. The van der Waals surface area contributed by atoms with E-state index < -0.39 is 113 Å². The lowest BCUT2D eigenvalue weighted by atomic mass is 10.1. The van der Waals surface area contributed by atoms with E-state index in [1.54, 1.807) is 71.9 Å². The highest BCUT2D eigenvalue weighted by Gasteiger charge is 2.28. The summed E-state index contributed by atoms with van der Waals surface area (Å²) < 4.78 is 73.4. The highest BCUT2D eigenvalue weighted by molar-refractivity contribution is 5.93. The van der Waals surface area contributed by atoms with Gasteiger partial charge in [0, 0.05) is 38.3 Å². The van der Waals surface area contributed by atoms with E-state index in [4.69, 9.17) is 29.8 Å². The molecule has 0 spiro atoms. The summed E-state index contributed by atoms with van der Waals surface area (Å²) in [6.07, 6.45) is -4.80. The van der Waals surface area contributed by atoms with Gasteiger partial charge in [0.25, 0.3) is 11.8 Å². The van der Waals surface area contributed by atoms with Crippen molar-refractivity contribution in [1.29, 1.82) is 0 Å². The first-order chi connectivity index (χ1) is 38.5. The van der Waals surface area contributed by atoms with Gasteiger partial charge in [0.15, 0.2) is 12.2 Å². The number of carboxylic acids is 1. The Balaban J connectivity index is 0.000000691. The van der Waals surface area contributed by atoms with Crippen molar-refractivity contribution in [2.45, 2.75) is 97.4 Å². The molecule has 458 valence electrons. The summed E-state index contributed by atoms with van der Waals surface area (Å²) in [5.41, 5.74) is 5.35. The third-order valence-corrected chi connectivity index (χ3v) is 10.1. The first-order valence-corrected chi connectivity index (χ1v) is 25.3. The van der Waals surface area contributed by atoms with Crippen molar-refractivity contribution in [2.75, 3.05) is 59.2 Å². The number of alkyl carbamates (subject to hydrolysis) is 2. The number of halogens is 4. The minimum absolute atomic E-state index is 0. The topological polar surface area (TPSA) is 344 Å². The van der Waals surface area contributed by atoms with E-state index in [9.17, 15) is 66.1 Å². The van der Waals surface area contributed by atoms with Crippen LogP contribution < -0.4 is 43.0 Å². The zero-order valence-electron chi connectivity index (χ0n) is 46.3. The van der Waals surface area contributed by atoms with E-state index in [-0.39, 0.29) is 50.8 Å². The standard InChI is InChI=1S/C28H36F2N4O7.C17H27N3O4.C10H9F2NO4.CH4/c1-17(33-26(38)23(35)19-14-20(29)16-21(30)15-19)24(36)34-22(18-8-6-5-7-9-18)25(37)31-10-12-40-13-11-32-27(39)41-28(2,3)4;1-17(2,3)24-16(22)20-10-12-23-11-9-19-15(21)14(18)13-7-5-4-6-8-13;11-6-1-5(2-7(12)3-6)9(16)10(17)13-4-8(14)15;/h5-9,14-17,22-23,35H,10-13H2,1-4H3,(H,31,37)(H,32,39)(H,33,38)(H,34,36);4-8,14H,9-12,18H2,1-3H3,(H,19,21)(H,20,22);1-3,9,16H,4H2,(H,13,17)(H,14,15);1H4/t17-,22-,23?;14-;;/m00../s1. The molecule has 2 unspecified atom stereocenters. The average Bonchev–Trinajstić information content (AvgIpc) is 3.47. The second kappa shape index (κ2) is 37.0. The fourth-order valence-electron chi connectivity index (χ4n) is 6.40. The number of rotatable bonds is 25. The number of nitrogens with one attached hydrogen (secondary N) is 7. The molecular formula is C56H76F4N8O15. The first-order valence-electron chi connectivity index (χ1n) is 25.3. The number of carbonyl (C=O) groups is 8. The van der Waals surface area contributed by atoms with Gasteiger partial charge in [-0.15, -0.1) is 0 Å². The zero-order chi connectivity index (χ0) is 61.6. The van der Waals surface area contributed by atoms with Crippen LogP contribution in [0.25, 0.3) is 0 Å². The van der Waals surface area contributed by atoms with Crippen LogP contribution in [0.1, 0.15) is 102 Å². The number of hydrogen-bond donors (Lipinski definition) is 11. The number of aliphatic hydroxyl groups excluding tert-OH is 2. The van der Waals surface area contributed by atoms with Crippen molar-refractivity contribution < 1.29 is 90.2 Å². The van der Waals surface area contributed by atoms with Gasteiger partial charge >= 0.3 is 18.2 Å². The van der Waals surface area contributed by atoms with E-state index in [0.717, 1.165) is 29.8 Å². The maximum absolute atomic E-state index is 13.5. The van der Waals surface area contributed by atoms with Crippen LogP contribution in [0.15, 0.2) is 97.1 Å². The lowest BCUT2D eigenvalue weighted by Gasteiger charge is -2.22. The van der Waals surface area contributed by atoms with Crippen LogP contribution in [-0.4, -0.2) is 139 Å². The van der Waals surface area contributed by atoms with Crippen molar-refractivity contribution in [3.8, 4) is 0 Å². The molecule has 0 aliphatic carbocycles. The zero-order valence-corrected chi connectivity index (χ0v) is 46.3. The number of carboxylic acid groups (broad SMARTS) is 1. The van der Waals surface area contributed by atoms with Crippen LogP contribution in [0.3, 0.4) is 0 Å². The number of aliphatic carboxylic acids is 1. The number of benzene rings is 4. The number of nitrogens with two attached hydrogens (primary N) is 1. The van der Waals surface area contributed by atoms with Crippen LogP contribution in [0.5, 0.6) is 0 Å². The highest BCUT2D eigenvalue weighted by atomic mass is 19.1. The van der Waals surface area contributed by atoms with Crippen LogP contribution >= 0.6 is 0 Å². The molecule has 5 atom stereocenters. The van der Waals surface area contributed by atoms with Crippen molar-refractivity contribution in [2.24, 2.45) is 5.73 Å². The van der Waals surface area contributed by atoms with Gasteiger partial charge in [-0.3, -0.25) is 28.8 Å². The quantitative estimate of drug-likeness (QED) is 0.0327. The summed E-state index contributed by atoms with van der Waals surface area (Å²) in [7, 11) is 0. The second-order valence-corrected chi connectivity index (χ2v) is 19.5. The first kappa shape index (κ1) is 72.8. The Kier molecular flexibility index (Phi) is 32.4. The Morgan fingerprint density at radius 3 is 1.27 bits per heavy atom. The van der Waals surface area contributed by atoms with E-state index >= 15 is 0 Å². The number of amides is 7. The van der Waals surface area contributed by atoms with Gasteiger partial charge in [0.05, 0.1) is 26.4 Å². The van der Waals surface area contributed by atoms with Crippen LogP contribution in [-0.2, 0) is 47.7 Å². The molecule has 23 nitrogen and oxygen atoms in total. The van der Waals surface area contributed by atoms with E-state index in [1.165, 1.54) is 6.92 Å². The van der Waals surface area contributed by atoms with Gasteiger partial charge in [-0.25, -0.2) is 27.2 Å². The van der Waals surface area contributed by atoms with Crippen LogP contribution in [0, 0.1) is 23.3 Å². The maximum atomic E-state index is 13.5. The Morgan fingerprint density at radius 2 is 0.867 bits per heavy atom. The summed E-state index contributed by atoms with van der Waals surface area (Å²) in [4.78, 5) is 94.4. The second-order valence-electron chi connectivity index (χ2n) is 19.5. The molecule has 0 aromatic heterocycles. The summed E-state index contributed by atoms with van der Waals surface area (Å²) in [5.74, 6) is -8.77. The lowest BCUT2D eigenvalue weighted by molar-refractivity contribution is -0.139. The molecule has 0 bridgehead atoms. The molecule has 0 fully saturated rings. The predicted octanol–water partition coefficient (Wildman–Crippen LogP) is 4.20. The largest absolute Gasteiger partial charge is 0.480 e. The predicted molar refractivity (Wildman–Crippen MR) is 294 cm³/mol. The van der Waals surface area contributed by atoms with Crippen molar-refractivity contribution in [3.05, 3.63) is 143 Å². The molecule has 0 radical (unpaired) electrons. The molecule has 4 aromatic rings. The van der Waals surface area contributed by atoms with Crippen LogP contribution in [0.2, 0.25) is 0 Å². The van der Waals surface area contributed by atoms with Gasteiger partial charge in [0.1, 0.15) is 59.1 Å². The Labute approximate surface area is 478 Å². The molecule has 4 aromatic carbocycles. The average molecular weight is 1180 g/mol. The Bertz CT molecular complexity index is 2660. The smallest absolute Gasteiger partial charge is 0.407 e. The number of carbonyl (C=O) groups excluding carboxylic acids is 7. The fraction of sp³-hybridized carbons (Fsp3) is 0.429. The maximum Gasteiger partial charge on any atom is 0.407 e. The molecule has 83 heavy (non-hydrogen) atoms. The minimum atomic E-state index is -1.93. The summed E-state index contributed by atoms with van der Waals surface area (Å²) in [6, 6.07) is 18.8. The molecule has 12 N–H and O–H groups in total. The van der Waals surface area contributed by atoms with E-state index in [1.807, 2.05) is 35.6 Å². The molecule has 0 saturated heterocycles. The van der Waals surface area contributed by atoms with Crippen molar-refractivity contribution >= 4 is 47.7 Å². The van der Waals surface area contributed by atoms with Crippen molar-refractivity contribution in [3.63, 3.8) is 0 Å². The summed E-state index contributed by atoms with van der Waals surface area (Å²) >= 11 is 0. The monoisotopic (exact) mass is 1180 g/mol. The van der Waals surface area contributed by atoms with Gasteiger partial charge in [-0.05, 0) is 95.0 Å². The van der Waals surface area contributed by atoms with Gasteiger partial charge in [0.2, 0.25) is 17.7 Å². The van der Waals surface area contributed by atoms with E-state index in [2.05, 4.69) is 31.9 Å². The summed E-state index contributed by atoms with van der Waals surface area (Å²) in [6.45, 7) is 13.3. The molecule has 0 aliphatic heterocycles. The molecule has 7 amide bonds.